The monoisotopic (exact) mass is 460 g/mol. The van der Waals surface area contributed by atoms with Crippen LogP contribution in [0.25, 0.3) is 0 Å². The van der Waals surface area contributed by atoms with Gasteiger partial charge in [0.1, 0.15) is 0 Å². The molecule has 0 saturated carbocycles. The average Bonchev–Trinajstić information content (AvgIpc) is 2.73. The van der Waals surface area contributed by atoms with E-state index in [0.29, 0.717) is 26.9 Å². The number of nitro benzene ring substituents is 1. The van der Waals surface area contributed by atoms with E-state index >= 15 is 0 Å². The number of halogens is 2. The lowest BCUT2D eigenvalue weighted by atomic mass is 10.1. The first-order chi connectivity index (χ1) is 14.3. The molecule has 152 valence electrons. The summed E-state index contributed by atoms with van der Waals surface area (Å²) in [6, 6.07) is 17.1. The largest absolute Gasteiger partial charge is 0.322 e. The van der Waals surface area contributed by atoms with Gasteiger partial charge < -0.3 is 5.32 Å². The number of carbonyl (C=O) groups excluding carboxylic acids is 2. The predicted octanol–water partition coefficient (Wildman–Crippen LogP) is 6.13. The van der Waals surface area contributed by atoms with Crippen LogP contribution in [-0.4, -0.2) is 22.4 Å². The summed E-state index contributed by atoms with van der Waals surface area (Å²) in [6.07, 6.45) is 0. The third kappa shape index (κ3) is 5.60. The maximum Gasteiger partial charge on any atom is 0.269 e. The lowest BCUT2D eigenvalue weighted by molar-refractivity contribution is -0.384. The first-order valence-corrected chi connectivity index (χ1v) is 10.3. The van der Waals surface area contributed by atoms with Crippen LogP contribution in [-0.2, 0) is 0 Å². The molecule has 30 heavy (non-hydrogen) atoms. The average molecular weight is 461 g/mol. The molecule has 3 aromatic carbocycles. The third-order valence-corrected chi connectivity index (χ3v) is 5.61. The molecule has 0 saturated heterocycles. The van der Waals surface area contributed by atoms with E-state index < -0.39 is 4.92 Å². The van der Waals surface area contributed by atoms with Gasteiger partial charge in [0, 0.05) is 38.9 Å². The van der Waals surface area contributed by atoms with E-state index in [1.165, 1.54) is 42.1 Å². The fourth-order valence-corrected chi connectivity index (χ4v) is 3.81. The Bertz CT molecular complexity index is 1100. The molecule has 6 nitrogen and oxygen atoms in total. The number of amides is 1. The van der Waals surface area contributed by atoms with Crippen molar-refractivity contribution in [3.63, 3.8) is 0 Å². The Balaban J connectivity index is 1.57. The van der Waals surface area contributed by atoms with Crippen molar-refractivity contribution < 1.29 is 14.5 Å². The number of anilines is 1. The van der Waals surface area contributed by atoms with Gasteiger partial charge in [0.25, 0.3) is 11.6 Å². The van der Waals surface area contributed by atoms with E-state index in [9.17, 15) is 19.7 Å². The number of carbonyl (C=O) groups is 2. The maximum atomic E-state index is 12.3. The summed E-state index contributed by atoms with van der Waals surface area (Å²) in [6.45, 7) is 0. The zero-order chi connectivity index (χ0) is 21.7. The lowest BCUT2D eigenvalue weighted by Crippen LogP contribution is -2.11. The summed E-state index contributed by atoms with van der Waals surface area (Å²) in [4.78, 5) is 35.6. The minimum atomic E-state index is -0.524. The number of thioether (sulfide) groups is 1. The van der Waals surface area contributed by atoms with Crippen LogP contribution in [0.2, 0.25) is 10.0 Å². The van der Waals surface area contributed by atoms with Gasteiger partial charge in [-0.05, 0) is 54.6 Å². The van der Waals surface area contributed by atoms with Crippen molar-refractivity contribution in [1.29, 1.82) is 0 Å². The van der Waals surface area contributed by atoms with E-state index in [2.05, 4.69) is 5.32 Å². The number of nitrogens with zero attached hydrogens (tertiary/aromatic N) is 1. The summed E-state index contributed by atoms with van der Waals surface area (Å²) >= 11 is 13.3. The molecule has 1 N–H and O–H groups in total. The summed E-state index contributed by atoms with van der Waals surface area (Å²) in [7, 11) is 0. The lowest BCUT2D eigenvalue weighted by Gasteiger charge is -2.07. The van der Waals surface area contributed by atoms with E-state index in [-0.39, 0.29) is 23.1 Å². The van der Waals surface area contributed by atoms with Crippen LogP contribution < -0.4 is 5.32 Å². The van der Waals surface area contributed by atoms with Crippen LogP contribution in [0.4, 0.5) is 11.4 Å². The molecule has 0 radical (unpaired) electrons. The van der Waals surface area contributed by atoms with Crippen LogP contribution in [0.3, 0.4) is 0 Å². The van der Waals surface area contributed by atoms with Crippen LogP contribution in [0, 0.1) is 10.1 Å². The topological polar surface area (TPSA) is 89.3 Å². The van der Waals surface area contributed by atoms with Gasteiger partial charge in [-0.3, -0.25) is 19.7 Å². The Morgan fingerprint density at radius 3 is 2.23 bits per heavy atom. The van der Waals surface area contributed by atoms with E-state index in [1.807, 2.05) is 0 Å². The van der Waals surface area contributed by atoms with Crippen LogP contribution >= 0.6 is 35.0 Å². The quantitative estimate of drug-likeness (QED) is 0.198. The van der Waals surface area contributed by atoms with Crippen LogP contribution in [0.1, 0.15) is 20.7 Å². The number of nitrogens with one attached hydrogen (secondary N) is 1. The Labute approximate surface area is 186 Å². The second-order valence-electron chi connectivity index (χ2n) is 6.12. The van der Waals surface area contributed by atoms with Crippen molar-refractivity contribution in [2.45, 2.75) is 4.90 Å². The highest BCUT2D eigenvalue weighted by Gasteiger charge is 2.12. The van der Waals surface area contributed by atoms with E-state index in [4.69, 9.17) is 23.2 Å². The smallest absolute Gasteiger partial charge is 0.269 e. The number of hydrogen-bond acceptors (Lipinski definition) is 5. The molecule has 0 aliphatic rings. The van der Waals surface area contributed by atoms with Gasteiger partial charge in [-0.25, -0.2) is 0 Å². The summed E-state index contributed by atoms with van der Waals surface area (Å²) < 4.78 is 0. The Morgan fingerprint density at radius 2 is 1.63 bits per heavy atom. The van der Waals surface area contributed by atoms with E-state index in [1.54, 1.807) is 36.4 Å². The molecule has 0 unspecified atom stereocenters. The van der Waals surface area contributed by atoms with Crippen molar-refractivity contribution in [2.24, 2.45) is 0 Å². The highest BCUT2D eigenvalue weighted by molar-refractivity contribution is 8.00. The second-order valence-corrected chi connectivity index (χ2v) is 8.01. The van der Waals surface area contributed by atoms with Crippen molar-refractivity contribution in [3.8, 4) is 0 Å². The van der Waals surface area contributed by atoms with Gasteiger partial charge in [-0.1, -0.05) is 23.2 Å². The predicted molar refractivity (Wildman–Crippen MR) is 119 cm³/mol. The fraction of sp³-hybridized carbons (Fsp3) is 0.0476. The van der Waals surface area contributed by atoms with Gasteiger partial charge in [0.15, 0.2) is 5.78 Å². The minimum absolute atomic E-state index is 0.0811. The molecule has 0 aliphatic carbocycles. The molecule has 3 rings (SSSR count). The van der Waals surface area contributed by atoms with Crippen molar-refractivity contribution in [2.75, 3.05) is 11.1 Å². The summed E-state index contributed by atoms with van der Waals surface area (Å²) in [5.74, 6) is -0.286. The first-order valence-electron chi connectivity index (χ1n) is 8.60. The molecule has 0 aliphatic heterocycles. The molecule has 1 amide bonds. The Hall–Kier alpha value is -2.87. The first kappa shape index (κ1) is 21.8. The van der Waals surface area contributed by atoms with Crippen molar-refractivity contribution >= 4 is 58.0 Å². The normalized spacial score (nSPS) is 10.5. The van der Waals surface area contributed by atoms with Gasteiger partial charge in [0.05, 0.1) is 15.7 Å². The fourth-order valence-electron chi connectivity index (χ4n) is 2.51. The molecule has 0 bridgehead atoms. The molecule has 0 aromatic heterocycles. The van der Waals surface area contributed by atoms with Gasteiger partial charge >= 0.3 is 0 Å². The second kappa shape index (κ2) is 9.75. The Morgan fingerprint density at radius 1 is 0.967 bits per heavy atom. The zero-order valence-electron chi connectivity index (χ0n) is 15.3. The van der Waals surface area contributed by atoms with Crippen LogP contribution in [0.15, 0.2) is 71.6 Å². The summed E-state index contributed by atoms with van der Waals surface area (Å²) in [5, 5.41) is 14.2. The molecular formula is C21H14Cl2N2O4S. The van der Waals surface area contributed by atoms with Gasteiger partial charge in [-0.2, -0.15) is 0 Å². The number of ketones is 1. The van der Waals surface area contributed by atoms with E-state index in [0.717, 1.165) is 4.90 Å². The number of non-ortho nitro benzene ring substituents is 1. The Kier molecular flexibility index (Phi) is 7.10. The molecule has 0 fully saturated rings. The summed E-state index contributed by atoms with van der Waals surface area (Å²) in [5.41, 5.74) is 1.21. The highest BCUT2D eigenvalue weighted by atomic mass is 35.5. The maximum absolute atomic E-state index is 12.3. The zero-order valence-corrected chi connectivity index (χ0v) is 17.6. The number of benzene rings is 3. The number of hydrogen-bond donors (Lipinski definition) is 1. The minimum Gasteiger partial charge on any atom is -0.322 e. The highest BCUT2D eigenvalue weighted by Crippen LogP contribution is 2.25. The van der Waals surface area contributed by atoms with Gasteiger partial charge in [0.2, 0.25) is 0 Å². The molecule has 0 atom stereocenters. The molecular weight excluding hydrogens is 447 g/mol. The standard InChI is InChI=1S/C21H14Cl2N2O4S/c22-14-3-10-18(19(23)11-14)20(26)12-30-17-8-4-15(5-9-17)24-21(27)13-1-6-16(7-2-13)25(28)29/h1-11H,12H2,(H,24,27). The molecule has 0 spiro atoms. The van der Waals surface area contributed by atoms with Crippen LogP contribution in [0.5, 0.6) is 0 Å². The van der Waals surface area contributed by atoms with Gasteiger partial charge in [-0.15, -0.1) is 11.8 Å². The molecule has 9 heteroatoms. The van der Waals surface area contributed by atoms with Crippen molar-refractivity contribution in [3.05, 3.63) is 98.0 Å². The molecule has 0 heterocycles. The number of Topliss-reactive ketones (excluding diaryl/α,β-unsaturated/α-hetero) is 1. The SMILES string of the molecule is O=C(Nc1ccc(SCC(=O)c2ccc(Cl)cc2Cl)cc1)c1ccc([N+](=O)[O-])cc1. The number of nitro groups is 1. The third-order valence-electron chi connectivity index (χ3n) is 4.05. The molecule has 3 aromatic rings. The number of rotatable bonds is 7. The van der Waals surface area contributed by atoms with Crippen molar-refractivity contribution in [1.82, 2.24) is 0 Å².